The van der Waals surface area contributed by atoms with Gasteiger partial charge in [-0.3, -0.25) is 4.79 Å². The average molecular weight is 294 g/mol. The molecule has 0 bridgehead atoms. The third-order valence-electron chi connectivity index (χ3n) is 2.44. The number of carbonyl (C=O) groups excluding carboxylic acids is 1. The van der Waals surface area contributed by atoms with E-state index in [9.17, 15) is 4.79 Å². The largest absolute Gasteiger partial charge is 0.366 e. The van der Waals surface area contributed by atoms with Crippen molar-refractivity contribution in [3.8, 4) is 11.8 Å². The SMILES string of the molecule is CN(Cc1cc(C#CCN)cs1)C(=O)COC(C)(C)C. The number of rotatable bonds is 4. The molecule has 0 aromatic carbocycles. The maximum Gasteiger partial charge on any atom is 0.248 e. The van der Waals surface area contributed by atoms with E-state index in [1.807, 2.05) is 32.2 Å². The molecule has 110 valence electrons. The Morgan fingerprint density at radius 1 is 1.50 bits per heavy atom. The summed E-state index contributed by atoms with van der Waals surface area (Å²) in [6.45, 7) is 6.83. The molecule has 2 N–H and O–H groups in total. The summed E-state index contributed by atoms with van der Waals surface area (Å²) in [6, 6.07) is 1.99. The smallest absolute Gasteiger partial charge is 0.248 e. The molecule has 20 heavy (non-hydrogen) atoms. The summed E-state index contributed by atoms with van der Waals surface area (Å²) < 4.78 is 5.48. The fourth-order valence-electron chi connectivity index (χ4n) is 1.39. The highest BCUT2D eigenvalue weighted by molar-refractivity contribution is 7.10. The summed E-state index contributed by atoms with van der Waals surface area (Å²) in [5.41, 5.74) is 5.98. The summed E-state index contributed by atoms with van der Waals surface area (Å²) in [6.07, 6.45) is 0. The van der Waals surface area contributed by atoms with E-state index in [1.165, 1.54) is 0 Å². The Labute approximate surface area is 124 Å². The third-order valence-corrected chi connectivity index (χ3v) is 3.36. The molecule has 4 nitrogen and oxygen atoms in total. The first-order valence-corrected chi connectivity index (χ1v) is 7.34. The Balaban J connectivity index is 2.51. The van der Waals surface area contributed by atoms with Crippen LogP contribution in [0.3, 0.4) is 0 Å². The van der Waals surface area contributed by atoms with Gasteiger partial charge in [0.2, 0.25) is 5.91 Å². The zero-order valence-corrected chi connectivity index (χ0v) is 13.3. The van der Waals surface area contributed by atoms with E-state index < -0.39 is 0 Å². The van der Waals surface area contributed by atoms with E-state index in [2.05, 4.69) is 11.8 Å². The molecule has 0 fully saturated rings. The topological polar surface area (TPSA) is 55.6 Å². The monoisotopic (exact) mass is 294 g/mol. The summed E-state index contributed by atoms with van der Waals surface area (Å²) in [4.78, 5) is 14.7. The molecule has 1 aromatic rings. The maximum absolute atomic E-state index is 11.9. The van der Waals surface area contributed by atoms with Crippen molar-refractivity contribution in [1.29, 1.82) is 0 Å². The van der Waals surface area contributed by atoms with Crippen LogP contribution in [-0.4, -0.2) is 36.6 Å². The molecule has 0 atom stereocenters. The average Bonchev–Trinajstić information content (AvgIpc) is 2.80. The number of nitrogens with zero attached hydrogens (tertiary/aromatic N) is 1. The Kier molecular flexibility index (Phi) is 6.21. The van der Waals surface area contributed by atoms with E-state index >= 15 is 0 Å². The summed E-state index contributed by atoms with van der Waals surface area (Å²) in [5.74, 6) is 5.77. The van der Waals surface area contributed by atoms with Gasteiger partial charge < -0.3 is 15.4 Å². The highest BCUT2D eigenvalue weighted by Gasteiger charge is 2.16. The number of carbonyl (C=O) groups is 1. The van der Waals surface area contributed by atoms with E-state index in [0.29, 0.717) is 13.1 Å². The minimum Gasteiger partial charge on any atom is -0.366 e. The second-order valence-corrected chi connectivity index (χ2v) is 6.45. The second kappa shape index (κ2) is 7.44. The Bertz CT molecular complexity index is 506. The number of hydrogen-bond acceptors (Lipinski definition) is 4. The first-order chi connectivity index (χ1) is 9.31. The Morgan fingerprint density at radius 2 is 2.20 bits per heavy atom. The second-order valence-electron chi connectivity index (χ2n) is 5.46. The van der Waals surface area contributed by atoms with Crippen molar-refractivity contribution in [1.82, 2.24) is 4.90 Å². The van der Waals surface area contributed by atoms with Gasteiger partial charge in [-0.05, 0) is 26.8 Å². The highest BCUT2D eigenvalue weighted by atomic mass is 32.1. The van der Waals surface area contributed by atoms with Crippen LogP contribution in [0.1, 0.15) is 31.2 Å². The predicted octanol–water partition coefficient (Wildman–Crippen LogP) is 1.83. The lowest BCUT2D eigenvalue weighted by atomic mass is 10.2. The van der Waals surface area contributed by atoms with Gasteiger partial charge >= 0.3 is 0 Å². The molecule has 1 rings (SSSR count). The Morgan fingerprint density at radius 3 is 2.80 bits per heavy atom. The van der Waals surface area contributed by atoms with Crippen LogP contribution in [0.2, 0.25) is 0 Å². The lowest BCUT2D eigenvalue weighted by molar-refractivity contribution is -0.140. The molecule has 5 heteroatoms. The quantitative estimate of drug-likeness (QED) is 0.862. The van der Waals surface area contributed by atoms with E-state index in [4.69, 9.17) is 10.5 Å². The fourth-order valence-corrected chi connectivity index (χ4v) is 2.26. The lowest BCUT2D eigenvalue weighted by Gasteiger charge is -2.22. The van der Waals surface area contributed by atoms with Gasteiger partial charge in [0.25, 0.3) is 0 Å². The number of nitrogens with two attached hydrogens (primary N) is 1. The van der Waals surface area contributed by atoms with Crippen molar-refractivity contribution < 1.29 is 9.53 Å². The molecular formula is C15H22N2O2S. The molecule has 0 unspecified atom stereocenters. The highest BCUT2D eigenvalue weighted by Crippen LogP contribution is 2.16. The molecule has 1 aromatic heterocycles. The minimum absolute atomic E-state index is 0.0251. The van der Waals surface area contributed by atoms with Gasteiger partial charge in [-0.1, -0.05) is 11.8 Å². The first kappa shape index (κ1) is 16.7. The molecule has 0 saturated carbocycles. The van der Waals surface area contributed by atoms with Gasteiger partial charge in [0.15, 0.2) is 0 Å². The van der Waals surface area contributed by atoms with Crippen LogP contribution in [0, 0.1) is 11.8 Å². The normalized spacial score (nSPS) is 10.8. The van der Waals surface area contributed by atoms with Crippen LogP contribution in [0.15, 0.2) is 11.4 Å². The zero-order valence-electron chi connectivity index (χ0n) is 12.5. The molecule has 0 radical (unpaired) electrons. The standard InChI is InChI=1S/C15H22N2O2S/c1-15(2,3)19-10-14(18)17(4)9-13-8-12(11-20-13)6-5-7-16/h8,11H,7,9-10,16H2,1-4H3. The van der Waals surface area contributed by atoms with Gasteiger partial charge in [0, 0.05) is 22.9 Å². The minimum atomic E-state index is -0.301. The third kappa shape index (κ3) is 6.20. The van der Waals surface area contributed by atoms with Crippen LogP contribution in [0.5, 0.6) is 0 Å². The number of likely N-dealkylation sites (N-methyl/N-ethyl adjacent to an activating group) is 1. The predicted molar refractivity (Wildman–Crippen MR) is 82.4 cm³/mol. The van der Waals surface area contributed by atoms with E-state index in [-0.39, 0.29) is 18.1 Å². The zero-order chi connectivity index (χ0) is 15.2. The van der Waals surface area contributed by atoms with Crippen LogP contribution in [0.4, 0.5) is 0 Å². The number of amides is 1. The van der Waals surface area contributed by atoms with Crippen molar-refractivity contribution in [2.45, 2.75) is 32.9 Å². The summed E-state index contributed by atoms with van der Waals surface area (Å²) in [5, 5.41) is 1.97. The van der Waals surface area contributed by atoms with Crippen LogP contribution in [0.25, 0.3) is 0 Å². The van der Waals surface area contributed by atoms with Gasteiger partial charge in [-0.2, -0.15) is 0 Å². The summed E-state index contributed by atoms with van der Waals surface area (Å²) >= 11 is 1.59. The maximum atomic E-state index is 11.9. The van der Waals surface area contributed by atoms with E-state index in [1.54, 1.807) is 23.3 Å². The van der Waals surface area contributed by atoms with Crippen molar-refractivity contribution >= 4 is 17.2 Å². The van der Waals surface area contributed by atoms with Gasteiger partial charge in [-0.15, -0.1) is 11.3 Å². The lowest BCUT2D eigenvalue weighted by Crippen LogP contribution is -2.33. The fraction of sp³-hybridized carbons (Fsp3) is 0.533. The van der Waals surface area contributed by atoms with Crippen LogP contribution < -0.4 is 5.73 Å². The van der Waals surface area contributed by atoms with Crippen LogP contribution in [-0.2, 0) is 16.1 Å². The number of ether oxygens (including phenoxy) is 1. The van der Waals surface area contributed by atoms with Crippen molar-refractivity contribution in [3.05, 3.63) is 21.9 Å². The summed E-state index contributed by atoms with van der Waals surface area (Å²) in [7, 11) is 1.78. The number of hydrogen-bond donors (Lipinski definition) is 1. The van der Waals surface area contributed by atoms with E-state index in [0.717, 1.165) is 10.4 Å². The van der Waals surface area contributed by atoms with Crippen molar-refractivity contribution in [3.63, 3.8) is 0 Å². The Hall–Kier alpha value is -1.35. The van der Waals surface area contributed by atoms with Gasteiger partial charge in [-0.25, -0.2) is 0 Å². The van der Waals surface area contributed by atoms with Crippen molar-refractivity contribution in [2.75, 3.05) is 20.2 Å². The molecular weight excluding hydrogens is 272 g/mol. The molecule has 0 aliphatic carbocycles. The molecule has 0 aliphatic heterocycles. The molecule has 0 aliphatic rings. The molecule has 1 heterocycles. The first-order valence-electron chi connectivity index (χ1n) is 6.46. The number of thiophene rings is 1. The van der Waals surface area contributed by atoms with Crippen LogP contribution >= 0.6 is 11.3 Å². The van der Waals surface area contributed by atoms with Gasteiger partial charge in [0.1, 0.15) is 6.61 Å². The molecule has 0 spiro atoms. The molecule has 0 saturated heterocycles. The van der Waals surface area contributed by atoms with Crippen molar-refractivity contribution in [2.24, 2.45) is 5.73 Å². The van der Waals surface area contributed by atoms with Gasteiger partial charge in [0.05, 0.1) is 18.7 Å². The molecule has 1 amide bonds.